The molecule has 0 aliphatic carbocycles. The number of thioether (sulfide) groups is 1. The van der Waals surface area contributed by atoms with Gasteiger partial charge in [0.1, 0.15) is 11.1 Å². The lowest BCUT2D eigenvalue weighted by atomic mass is 10.1. The molecule has 1 aliphatic rings. The molecule has 1 fully saturated rings. The first-order chi connectivity index (χ1) is 13.5. The highest BCUT2D eigenvalue weighted by Gasteiger charge is 2.26. The molecule has 28 heavy (non-hydrogen) atoms. The van der Waals surface area contributed by atoms with E-state index in [0.717, 1.165) is 37.3 Å². The van der Waals surface area contributed by atoms with E-state index in [1.165, 1.54) is 17.3 Å². The molecule has 2 heterocycles. The maximum Gasteiger partial charge on any atom is 0.233 e. The number of nitrogens with zero attached hydrogens (tertiary/aromatic N) is 3. The SMILES string of the molecule is Cc1cc(C)c(C#N)c(SC(C)C(=O)NC2CCN(Cc3ccccc3)C2)n1. The Morgan fingerprint density at radius 2 is 2.14 bits per heavy atom. The van der Waals surface area contributed by atoms with Gasteiger partial charge in [0.05, 0.1) is 10.8 Å². The molecule has 1 aliphatic heterocycles. The van der Waals surface area contributed by atoms with Crippen LogP contribution in [0.1, 0.15) is 35.7 Å². The molecule has 0 saturated carbocycles. The number of likely N-dealkylation sites (tertiary alicyclic amines) is 1. The third-order valence-corrected chi connectivity index (χ3v) is 6.03. The fourth-order valence-electron chi connectivity index (χ4n) is 3.50. The van der Waals surface area contributed by atoms with Gasteiger partial charge in [-0.2, -0.15) is 5.26 Å². The van der Waals surface area contributed by atoms with Crippen molar-refractivity contribution in [3.63, 3.8) is 0 Å². The highest BCUT2D eigenvalue weighted by molar-refractivity contribution is 8.00. The number of benzene rings is 1. The fraction of sp³-hybridized carbons (Fsp3) is 0.409. The summed E-state index contributed by atoms with van der Waals surface area (Å²) < 4.78 is 0. The Morgan fingerprint density at radius 3 is 2.86 bits per heavy atom. The van der Waals surface area contributed by atoms with Crippen molar-refractivity contribution in [3.05, 3.63) is 58.8 Å². The van der Waals surface area contributed by atoms with Crippen LogP contribution in [0.15, 0.2) is 41.4 Å². The molecule has 3 rings (SSSR count). The van der Waals surface area contributed by atoms with E-state index in [0.29, 0.717) is 10.6 Å². The topological polar surface area (TPSA) is 69.0 Å². The van der Waals surface area contributed by atoms with Crippen molar-refractivity contribution in [1.29, 1.82) is 5.26 Å². The van der Waals surface area contributed by atoms with E-state index in [9.17, 15) is 10.1 Å². The van der Waals surface area contributed by atoms with Crippen molar-refractivity contribution in [3.8, 4) is 6.07 Å². The average Bonchev–Trinajstić information content (AvgIpc) is 3.09. The highest BCUT2D eigenvalue weighted by Crippen LogP contribution is 2.27. The van der Waals surface area contributed by atoms with Crippen molar-refractivity contribution in [2.24, 2.45) is 0 Å². The number of hydrogen-bond donors (Lipinski definition) is 1. The van der Waals surface area contributed by atoms with Gasteiger partial charge in [-0.05, 0) is 44.4 Å². The largest absolute Gasteiger partial charge is 0.351 e. The van der Waals surface area contributed by atoms with E-state index < -0.39 is 0 Å². The number of aromatic nitrogens is 1. The van der Waals surface area contributed by atoms with E-state index >= 15 is 0 Å². The van der Waals surface area contributed by atoms with E-state index in [1.54, 1.807) is 0 Å². The van der Waals surface area contributed by atoms with Gasteiger partial charge in [-0.15, -0.1) is 0 Å². The van der Waals surface area contributed by atoms with Gasteiger partial charge in [-0.1, -0.05) is 42.1 Å². The van der Waals surface area contributed by atoms with E-state index in [1.807, 2.05) is 32.9 Å². The number of nitriles is 1. The second-order valence-corrected chi connectivity index (χ2v) is 8.68. The summed E-state index contributed by atoms with van der Waals surface area (Å²) in [7, 11) is 0. The van der Waals surface area contributed by atoms with Crippen molar-refractivity contribution in [2.45, 2.75) is 50.1 Å². The lowest BCUT2D eigenvalue weighted by Crippen LogP contribution is -2.40. The van der Waals surface area contributed by atoms with Gasteiger partial charge in [0.25, 0.3) is 0 Å². The molecule has 1 N–H and O–H groups in total. The summed E-state index contributed by atoms with van der Waals surface area (Å²) in [5, 5.41) is 12.9. The summed E-state index contributed by atoms with van der Waals surface area (Å²) in [6, 6.07) is 14.7. The molecule has 5 nitrogen and oxygen atoms in total. The van der Waals surface area contributed by atoms with Crippen LogP contribution in [0, 0.1) is 25.2 Å². The molecule has 0 radical (unpaired) electrons. The first-order valence-electron chi connectivity index (χ1n) is 9.58. The number of hydrogen-bond acceptors (Lipinski definition) is 5. The Hall–Kier alpha value is -2.36. The number of amides is 1. The van der Waals surface area contributed by atoms with Crippen LogP contribution in [0.2, 0.25) is 0 Å². The molecular formula is C22H26N4OS. The molecule has 1 saturated heterocycles. The van der Waals surface area contributed by atoms with Crippen LogP contribution in [0.5, 0.6) is 0 Å². The summed E-state index contributed by atoms with van der Waals surface area (Å²) in [6.07, 6.45) is 0.960. The Labute approximate surface area is 171 Å². The fourth-order valence-corrected chi connectivity index (χ4v) is 4.53. The zero-order valence-corrected chi connectivity index (χ0v) is 17.4. The standard InChI is InChI=1S/C22H26N4OS/c1-15-11-16(2)24-22(20(15)12-23)28-17(3)21(27)25-19-9-10-26(14-19)13-18-7-5-4-6-8-18/h4-8,11,17,19H,9-10,13-14H2,1-3H3,(H,25,27). The lowest BCUT2D eigenvalue weighted by Gasteiger charge is -2.19. The first kappa shape index (κ1) is 20.4. The lowest BCUT2D eigenvalue weighted by molar-refractivity contribution is -0.120. The summed E-state index contributed by atoms with van der Waals surface area (Å²) in [6.45, 7) is 8.44. The molecule has 1 aromatic carbocycles. The molecule has 2 atom stereocenters. The summed E-state index contributed by atoms with van der Waals surface area (Å²) in [4.78, 5) is 19.5. The third kappa shape index (κ3) is 5.12. The van der Waals surface area contributed by atoms with Crippen molar-refractivity contribution < 1.29 is 4.79 Å². The molecule has 2 unspecified atom stereocenters. The maximum absolute atomic E-state index is 12.7. The molecule has 0 spiro atoms. The van der Waals surface area contributed by atoms with Gasteiger partial charge in [-0.25, -0.2) is 4.98 Å². The summed E-state index contributed by atoms with van der Waals surface area (Å²) in [5.41, 5.74) is 3.62. The van der Waals surface area contributed by atoms with Crippen LogP contribution in [-0.2, 0) is 11.3 Å². The third-order valence-electron chi connectivity index (χ3n) is 4.95. The zero-order chi connectivity index (χ0) is 20.1. The van der Waals surface area contributed by atoms with Gasteiger partial charge in [0.15, 0.2) is 0 Å². The molecule has 6 heteroatoms. The zero-order valence-electron chi connectivity index (χ0n) is 16.6. The molecular weight excluding hydrogens is 368 g/mol. The Balaban J connectivity index is 1.55. The van der Waals surface area contributed by atoms with Crippen LogP contribution < -0.4 is 5.32 Å². The number of aryl methyl sites for hydroxylation is 2. The summed E-state index contributed by atoms with van der Waals surface area (Å²) >= 11 is 1.36. The monoisotopic (exact) mass is 394 g/mol. The van der Waals surface area contributed by atoms with Gasteiger partial charge < -0.3 is 5.32 Å². The quantitative estimate of drug-likeness (QED) is 0.760. The van der Waals surface area contributed by atoms with E-state index in [2.05, 4.69) is 45.5 Å². The molecule has 2 aromatic rings. The molecule has 146 valence electrons. The number of carbonyl (C=O) groups is 1. The van der Waals surface area contributed by atoms with Crippen molar-refractivity contribution in [1.82, 2.24) is 15.2 Å². The van der Waals surface area contributed by atoms with Gasteiger partial charge >= 0.3 is 0 Å². The average molecular weight is 395 g/mol. The minimum atomic E-state index is -0.302. The van der Waals surface area contributed by atoms with Gasteiger partial charge in [0, 0.05) is 31.4 Å². The predicted molar refractivity (Wildman–Crippen MR) is 112 cm³/mol. The Morgan fingerprint density at radius 1 is 1.39 bits per heavy atom. The second-order valence-electron chi connectivity index (χ2n) is 7.35. The maximum atomic E-state index is 12.7. The van der Waals surface area contributed by atoms with E-state index in [4.69, 9.17) is 0 Å². The minimum absolute atomic E-state index is 0.00131. The molecule has 1 amide bonds. The van der Waals surface area contributed by atoms with Crippen LogP contribution in [0.4, 0.5) is 0 Å². The summed E-state index contributed by atoms with van der Waals surface area (Å²) in [5.74, 6) is 0.00131. The number of rotatable bonds is 6. The van der Waals surface area contributed by atoms with Gasteiger partial charge in [0.2, 0.25) is 5.91 Å². The number of pyridine rings is 1. The van der Waals surface area contributed by atoms with Crippen LogP contribution in [-0.4, -0.2) is 40.2 Å². The first-order valence-corrected chi connectivity index (χ1v) is 10.5. The second kappa shape index (κ2) is 9.22. The van der Waals surface area contributed by atoms with Crippen molar-refractivity contribution in [2.75, 3.05) is 13.1 Å². The predicted octanol–water partition coefficient (Wildman–Crippen LogP) is 3.44. The molecule has 1 aromatic heterocycles. The van der Waals surface area contributed by atoms with Crippen molar-refractivity contribution >= 4 is 17.7 Å². The van der Waals surface area contributed by atoms with Crippen LogP contribution in [0.25, 0.3) is 0 Å². The highest BCUT2D eigenvalue weighted by atomic mass is 32.2. The van der Waals surface area contributed by atoms with Crippen LogP contribution >= 0.6 is 11.8 Å². The van der Waals surface area contributed by atoms with E-state index in [-0.39, 0.29) is 17.2 Å². The number of nitrogens with one attached hydrogen (secondary N) is 1. The Kier molecular flexibility index (Phi) is 6.71. The molecule has 0 bridgehead atoms. The normalized spacial score (nSPS) is 17.9. The number of carbonyl (C=O) groups excluding carboxylic acids is 1. The minimum Gasteiger partial charge on any atom is -0.351 e. The van der Waals surface area contributed by atoms with Gasteiger partial charge in [-0.3, -0.25) is 9.69 Å². The smallest absolute Gasteiger partial charge is 0.233 e. The van der Waals surface area contributed by atoms with Crippen LogP contribution in [0.3, 0.4) is 0 Å². The Bertz CT molecular complexity index is 878.